The van der Waals surface area contributed by atoms with Gasteiger partial charge in [-0.25, -0.2) is 8.42 Å². The van der Waals surface area contributed by atoms with E-state index in [4.69, 9.17) is 4.74 Å². The highest BCUT2D eigenvalue weighted by Gasteiger charge is 2.29. The van der Waals surface area contributed by atoms with E-state index < -0.39 is 10.0 Å². The van der Waals surface area contributed by atoms with Gasteiger partial charge in [0.25, 0.3) is 0 Å². The fraction of sp³-hybridized carbons (Fsp3) is 0.294. The number of sulfonamides is 1. The number of hydrogen-bond donors (Lipinski definition) is 0. The molecule has 3 rings (SSSR count). The second-order valence-electron chi connectivity index (χ2n) is 5.45. The lowest BCUT2D eigenvalue weighted by molar-refractivity contribution is 0.185. The minimum absolute atomic E-state index is 0.172. The van der Waals surface area contributed by atoms with Gasteiger partial charge in [-0.3, -0.25) is 4.31 Å². The molecule has 1 aliphatic rings. The van der Waals surface area contributed by atoms with Crippen LogP contribution in [0.3, 0.4) is 0 Å². The van der Waals surface area contributed by atoms with Crippen molar-refractivity contribution in [2.45, 2.75) is 19.6 Å². The first kappa shape index (κ1) is 15.1. The Bertz CT molecular complexity index is 754. The van der Waals surface area contributed by atoms with Crippen molar-refractivity contribution in [1.29, 1.82) is 0 Å². The monoisotopic (exact) mass is 317 g/mol. The summed E-state index contributed by atoms with van der Waals surface area (Å²) in [6.07, 6.45) is 0.585. The SMILES string of the molecule is COCc1ccc(CN2c3ccccc3CCS2(=O)=O)cc1. The van der Waals surface area contributed by atoms with Crippen molar-refractivity contribution < 1.29 is 13.2 Å². The number of aryl methyl sites for hydroxylation is 1. The molecule has 2 aromatic carbocycles. The average molecular weight is 317 g/mol. The highest BCUT2D eigenvalue weighted by atomic mass is 32.2. The molecule has 0 atom stereocenters. The number of nitrogens with zero attached hydrogens (tertiary/aromatic N) is 1. The largest absolute Gasteiger partial charge is 0.380 e. The third-order valence-electron chi connectivity index (χ3n) is 3.89. The van der Waals surface area contributed by atoms with Crippen LogP contribution in [0.25, 0.3) is 0 Å². The van der Waals surface area contributed by atoms with Crippen LogP contribution in [-0.2, 0) is 34.3 Å². The van der Waals surface area contributed by atoms with E-state index in [-0.39, 0.29) is 5.75 Å². The van der Waals surface area contributed by atoms with Crippen molar-refractivity contribution in [2.75, 3.05) is 17.2 Å². The van der Waals surface area contributed by atoms with E-state index in [2.05, 4.69) is 0 Å². The van der Waals surface area contributed by atoms with E-state index in [0.717, 1.165) is 22.4 Å². The van der Waals surface area contributed by atoms with E-state index in [1.807, 2.05) is 48.5 Å². The Balaban J connectivity index is 1.89. The highest BCUT2D eigenvalue weighted by Crippen LogP contribution is 2.30. The second kappa shape index (κ2) is 6.10. The van der Waals surface area contributed by atoms with Crippen LogP contribution in [0.1, 0.15) is 16.7 Å². The number of methoxy groups -OCH3 is 1. The summed E-state index contributed by atoms with van der Waals surface area (Å²) in [6, 6.07) is 15.6. The van der Waals surface area contributed by atoms with Gasteiger partial charge in [-0.1, -0.05) is 42.5 Å². The molecule has 0 bridgehead atoms. The van der Waals surface area contributed by atoms with E-state index in [9.17, 15) is 8.42 Å². The van der Waals surface area contributed by atoms with E-state index >= 15 is 0 Å². The molecule has 0 saturated carbocycles. The molecular weight excluding hydrogens is 298 g/mol. The summed E-state index contributed by atoms with van der Waals surface area (Å²) >= 11 is 0. The van der Waals surface area contributed by atoms with Crippen LogP contribution >= 0.6 is 0 Å². The molecule has 1 aliphatic heterocycles. The van der Waals surface area contributed by atoms with Crippen molar-refractivity contribution >= 4 is 15.7 Å². The fourth-order valence-electron chi connectivity index (χ4n) is 2.72. The Morgan fingerprint density at radius 1 is 1.05 bits per heavy atom. The number of rotatable bonds is 4. The number of ether oxygens (including phenoxy) is 1. The van der Waals surface area contributed by atoms with Crippen molar-refractivity contribution in [1.82, 2.24) is 0 Å². The molecule has 0 saturated heterocycles. The molecule has 4 nitrogen and oxygen atoms in total. The van der Waals surface area contributed by atoms with Gasteiger partial charge in [0.15, 0.2) is 0 Å². The summed E-state index contributed by atoms with van der Waals surface area (Å²) in [5, 5.41) is 0. The van der Waals surface area contributed by atoms with E-state index in [0.29, 0.717) is 19.6 Å². The van der Waals surface area contributed by atoms with Crippen LogP contribution in [0, 0.1) is 0 Å². The quantitative estimate of drug-likeness (QED) is 0.871. The van der Waals surface area contributed by atoms with Gasteiger partial charge in [-0.2, -0.15) is 0 Å². The Morgan fingerprint density at radius 3 is 2.45 bits per heavy atom. The molecular formula is C17H19NO3S. The van der Waals surface area contributed by atoms with Gasteiger partial charge in [0.05, 0.1) is 24.6 Å². The lowest BCUT2D eigenvalue weighted by atomic mass is 10.1. The standard InChI is InChI=1S/C17H19NO3S/c1-21-13-15-8-6-14(7-9-15)12-18-17-5-3-2-4-16(17)10-11-22(18,19)20/h2-9H,10-13H2,1H3. The Hall–Kier alpha value is -1.85. The molecule has 2 aromatic rings. The molecule has 0 fully saturated rings. The zero-order chi connectivity index (χ0) is 15.6. The van der Waals surface area contributed by atoms with Crippen LogP contribution in [0.4, 0.5) is 5.69 Å². The molecule has 0 amide bonds. The normalized spacial score (nSPS) is 16.3. The van der Waals surface area contributed by atoms with Crippen molar-refractivity contribution in [3.8, 4) is 0 Å². The third kappa shape index (κ3) is 3.00. The number of anilines is 1. The number of fused-ring (bicyclic) bond motifs is 1. The van der Waals surface area contributed by atoms with Gasteiger partial charge in [0.1, 0.15) is 0 Å². The Morgan fingerprint density at radius 2 is 1.73 bits per heavy atom. The van der Waals surface area contributed by atoms with Gasteiger partial charge in [-0.15, -0.1) is 0 Å². The molecule has 0 radical (unpaired) electrons. The minimum atomic E-state index is -3.25. The highest BCUT2D eigenvalue weighted by molar-refractivity contribution is 7.92. The number of hydrogen-bond acceptors (Lipinski definition) is 3. The summed E-state index contributed by atoms with van der Waals surface area (Å²) in [6.45, 7) is 0.928. The smallest absolute Gasteiger partial charge is 0.235 e. The van der Waals surface area contributed by atoms with Gasteiger partial charge >= 0.3 is 0 Å². The Labute approximate surface area is 131 Å². The van der Waals surface area contributed by atoms with Crippen LogP contribution < -0.4 is 4.31 Å². The molecule has 22 heavy (non-hydrogen) atoms. The maximum atomic E-state index is 12.4. The van der Waals surface area contributed by atoms with Gasteiger partial charge in [0.2, 0.25) is 10.0 Å². The number of para-hydroxylation sites is 1. The fourth-order valence-corrected chi connectivity index (χ4v) is 4.24. The summed E-state index contributed by atoms with van der Waals surface area (Å²) in [7, 11) is -1.59. The maximum absolute atomic E-state index is 12.4. The van der Waals surface area contributed by atoms with Crippen LogP contribution in [-0.4, -0.2) is 21.3 Å². The topological polar surface area (TPSA) is 46.6 Å². The van der Waals surface area contributed by atoms with E-state index in [1.54, 1.807) is 7.11 Å². The summed E-state index contributed by atoms with van der Waals surface area (Å²) < 4.78 is 31.5. The molecule has 0 N–H and O–H groups in total. The first-order valence-corrected chi connectivity index (χ1v) is 8.86. The van der Waals surface area contributed by atoms with Crippen molar-refractivity contribution in [3.05, 3.63) is 65.2 Å². The van der Waals surface area contributed by atoms with Crippen LogP contribution in [0.5, 0.6) is 0 Å². The predicted octanol–water partition coefficient (Wildman–Crippen LogP) is 2.73. The van der Waals surface area contributed by atoms with Crippen LogP contribution in [0.15, 0.2) is 48.5 Å². The predicted molar refractivity (Wildman–Crippen MR) is 87.3 cm³/mol. The number of benzene rings is 2. The average Bonchev–Trinajstić information content (AvgIpc) is 2.52. The second-order valence-corrected chi connectivity index (χ2v) is 7.46. The molecule has 5 heteroatoms. The zero-order valence-electron chi connectivity index (χ0n) is 12.5. The third-order valence-corrected chi connectivity index (χ3v) is 5.60. The van der Waals surface area contributed by atoms with Gasteiger partial charge in [-0.05, 0) is 29.2 Å². The molecule has 0 aliphatic carbocycles. The lowest BCUT2D eigenvalue weighted by Gasteiger charge is -2.30. The Kier molecular flexibility index (Phi) is 4.18. The molecule has 1 heterocycles. The van der Waals surface area contributed by atoms with Crippen LogP contribution in [0.2, 0.25) is 0 Å². The molecule has 0 spiro atoms. The molecule has 0 aromatic heterocycles. The summed E-state index contributed by atoms with van der Waals surface area (Å²) in [5.41, 5.74) is 3.94. The lowest BCUT2D eigenvalue weighted by Crippen LogP contribution is -2.37. The maximum Gasteiger partial charge on any atom is 0.235 e. The van der Waals surface area contributed by atoms with Gasteiger partial charge < -0.3 is 4.74 Å². The first-order chi connectivity index (χ1) is 10.6. The van der Waals surface area contributed by atoms with Crippen molar-refractivity contribution in [3.63, 3.8) is 0 Å². The summed E-state index contributed by atoms with van der Waals surface area (Å²) in [4.78, 5) is 0. The molecule has 116 valence electrons. The van der Waals surface area contributed by atoms with Crippen molar-refractivity contribution in [2.24, 2.45) is 0 Å². The minimum Gasteiger partial charge on any atom is -0.380 e. The van der Waals surface area contributed by atoms with Gasteiger partial charge in [0, 0.05) is 7.11 Å². The summed E-state index contributed by atoms with van der Waals surface area (Å²) in [5.74, 6) is 0.172. The first-order valence-electron chi connectivity index (χ1n) is 7.25. The van der Waals surface area contributed by atoms with E-state index in [1.165, 1.54) is 4.31 Å². The zero-order valence-corrected chi connectivity index (χ0v) is 13.3. The molecule has 0 unspecified atom stereocenters.